The lowest BCUT2D eigenvalue weighted by atomic mass is 10.0. The summed E-state index contributed by atoms with van der Waals surface area (Å²) in [6, 6.07) is 3.16. The van der Waals surface area contributed by atoms with Crippen LogP contribution < -0.4 is 15.3 Å². The van der Waals surface area contributed by atoms with Gasteiger partial charge in [-0.3, -0.25) is 4.98 Å². The van der Waals surface area contributed by atoms with Crippen LogP contribution in [0.25, 0.3) is 16.7 Å². The van der Waals surface area contributed by atoms with Crippen molar-refractivity contribution in [3.63, 3.8) is 0 Å². The van der Waals surface area contributed by atoms with Crippen molar-refractivity contribution in [1.29, 1.82) is 0 Å². The first kappa shape index (κ1) is 21.5. The summed E-state index contributed by atoms with van der Waals surface area (Å²) >= 11 is 6.06. The maximum atomic E-state index is 14.5. The van der Waals surface area contributed by atoms with E-state index < -0.39 is 11.5 Å². The number of piperidine rings is 1. The number of aromatic nitrogens is 4. The molecule has 31 heavy (non-hydrogen) atoms. The summed E-state index contributed by atoms with van der Waals surface area (Å²) in [6.45, 7) is 6.76. The number of halogens is 2. The molecule has 0 radical (unpaired) electrons. The van der Waals surface area contributed by atoms with E-state index in [4.69, 9.17) is 16.3 Å². The first-order chi connectivity index (χ1) is 14.8. The average molecular weight is 446 g/mol. The van der Waals surface area contributed by atoms with Gasteiger partial charge in [-0.25, -0.2) is 18.7 Å². The Hall–Kier alpha value is -2.74. The highest BCUT2D eigenvalue weighted by molar-refractivity contribution is 6.30. The van der Waals surface area contributed by atoms with Gasteiger partial charge in [0.25, 0.3) is 0 Å². The molecule has 9 heteroatoms. The topological polar surface area (TPSA) is 73.1 Å². The molecule has 0 spiro atoms. The average Bonchev–Trinajstić information content (AvgIpc) is 2.74. The minimum absolute atomic E-state index is 0.00948. The molecule has 0 N–H and O–H groups in total. The third-order valence-corrected chi connectivity index (χ3v) is 6.00. The van der Waals surface area contributed by atoms with Crippen molar-refractivity contribution in [2.75, 3.05) is 18.6 Å². The largest absolute Gasteiger partial charge is 0.494 e. The summed E-state index contributed by atoms with van der Waals surface area (Å²) in [5, 5.41) is 0.120. The van der Waals surface area contributed by atoms with Crippen molar-refractivity contribution >= 4 is 28.5 Å². The lowest BCUT2D eigenvalue weighted by Crippen LogP contribution is -2.40. The number of ether oxygens (including phenoxy) is 1. The lowest BCUT2D eigenvalue weighted by molar-refractivity contribution is 0.410. The van der Waals surface area contributed by atoms with Gasteiger partial charge in [-0.1, -0.05) is 25.4 Å². The molecule has 1 fully saturated rings. The number of fused-ring (bicyclic) bond motifs is 1. The molecule has 0 unspecified atom stereocenters. The van der Waals surface area contributed by atoms with Crippen LogP contribution in [0.15, 0.2) is 23.1 Å². The van der Waals surface area contributed by atoms with Crippen LogP contribution in [0.2, 0.25) is 5.15 Å². The fourth-order valence-electron chi connectivity index (χ4n) is 4.18. The minimum atomic E-state index is -0.658. The molecule has 0 aromatic carbocycles. The second kappa shape index (κ2) is 8.42. The summed E-state index contributed by atoms with van der Waals surface area (Å²) in [5.74, 6) is 0.213. The molecular weight excluding hydrogens is 421 g/mol. The van der Waals surface area contributed by atoms with Crippen molar-refractivity contribution in [2.24, 2.45) is 0 Å². The quantitative estimate of drug-likeness (QED) is 0.551. The summed E-state index contributed by atoms with van der Waals surface area (Å²) < 4.78 is 21.4. The molecule has 3 aromatic heterocycles. The number of pyridine rings is 2. The fourth-order valence-corrected chi connectivity index (χ4v) is 4.32. The molecule has 7 nitrogen and oxygen atoms in total. The fraction of sp³-hybridized carbons (Fsp3) is 0.455. The number of anilines is 1. The predicted octanol–water partition coefficient (Wildman–Crippen LogP) is 4.48. The van der Waals surface area contributed by atoms with Gasteiger partial charge >= 0.3 is 5.69 Å². The van der Waals surface area contributed by atoms with E-state index in [1.165, 1.54) is 17.7 Å². The molecule has 0 aliphatic carbocycles. The zero-order valence-corrected chi connectivity index (χ0v) is 18.8. The van der Waals surface area contributed by atoms with Crippen molar-refractivity contribution in [3.8, 4) is 11.4 Å². The van der Waals surface area contributed by atoms with E-state index in [1.54, 1.807) is 12.3 Å². The van der Waals surface area contributed by atoms with Crippen LogP contribution in [0.1, 0.15) is 51.6 Å². The van der Waals surface area contributed by atoms with Crippen LogP contribution in [0.5, 0.6) is 5.75 Å². The maximum absolute atomic E-state index is 14.5. The van der Waals surface area contributed by atoms with Crippen LogP contribution in [-0.2, 0) is 0 Å². The monoisotopic (exact) mass is 445 g/mol. The molecule has 1 aliphatic rings. The van der Waals surface area contributed by atoms with E-state index in [-0.39, 0.29) is 22.8 Å². The Morgan fingerprint density at radius 3 is 2.74 bits per heavy atom. The first-order valence-electron chi connectivity index (χ1n) is 10.4. The van der Waals surface area contributed by atoms with E-state index >= 15 is 0 Å². The van der Waals surface area contributed by atoms with Gasteiger partial charge in [0.1, 0.15) is 17.3 Å². The number of rotatable bonds is 4. The van der Waals surface area contributed by atoms with E-state index in [9.17, 15) is 9.18 Å². The SMILES string of the molecule is COc1ccnc(C(C)C)c1-n1c(=O)nc(N2CCCC[C@@H]2C)c2cc(F)c(Cl)nc21. The van der Waals surface area contributed by atoms with Crippen LogP contribution in [0.3, 0.4) is 0 Å². The molecule has 0 amide bonds. The highest BCUT2D eigenvalue weighted by atomic mass is 35.5. The van der Waals surface area contributed by atoms with Gasteiger partial charge in [0.2, 0.25) is 0 Å². The highest BCUT2D eigenvalue weighted by Gasteiger charge is 2.27. The first-order valence-corrected chi connectivity index (χ1v) is 10.8. The Kier molecular flexibility index (Phi) is 5.83. The van der Waals surface area contributed by atoms with Gasteiger partial charge in [-0.15, -0.1) is 0 Å². The summed E-state index contributed by atoms with van der Waals surface area (Å²) in [5.41, 5.74) is 0.776. The van der Waals surface area contributed by atoms with Crippen molar-refractivity contribution in [1.82, 2.24) is 19.5 Å². The molecular formula is C22H25ClFN5O2. The van der Waals surface area contributed by atoms with Crippen molar-refractivity contribution in [2.45, 2.75) is 52.0 Å². The van der Waals surface area contributed by atoms with Crippen molar-refractivity contribution in [3.05, 3.63) is 45.5 Å². The standard InChI is InChI=1S/C22H25ClFN5O2/c1-12(2)17-18(16(31-4)8-9-25-17)29-21-14(11-15(24)19(23)26-21)20(27-22(29)30)28-10-6-5-7-13(28)3/h8-9,11-13H,5-7,10H2,1-4H3/t13-/m0/s1. The Bertz CT molecular complexity index is 1200. The van der Waals surface area contributed by atoms with Crippen LogP contribution in [0.4, 0.5) is 10.2 Å². The van der Waals surface area contributed by atoms with Crippen LogP contribution >= 0.6 is 11.6 Å². The van der Waals surface area contributed by atoms with Crippen molar-refractivity contribution < 1.29 is 9.13 Å². The Morgan fingerprint density at radius 2 is 2.06 bits per heavy atom. The molecule has 3 aromatic rings. The summed E-state index contributed by atoms with van der Waals surface area (Å²) in [4.78, 5) is 28.6. The predicted molar refractivity (Wildman–Crippen MR) is 119 cm³/mol. The Morgan fingerprint density at radius 1 is 1.29 bits per heavy atom. The molecule has 0 bridgehead atoms. The smallest absolute Gasteiger partial charge is 0.356 e. The Balaban J connectivity index is 2.11. The third-order valence-electron chi connectivity index (χ3n) is 5.74. The second-order valence-electron chi connectivity index (χ2n) is 8.13. The van der Waals surface area contributed by atoms with Gasteiger partial charge in [0.05, 0.1) is 18.2 Å². The highest BCUT2D eigenvalue weighted by Crippen LogP contribution is 2.34. The number of nitrogens with zero attached hydrogens (tertiary/aromatic N) is 5. The minimum Gasteiger partial charge on any atom is -0.494 e. The van der Waals surface area contributed by atoms with Gasteiger partial charge < -0.3 is 9.64 Å². The second-order valence-corrected chi connectivity index (χ2v) is 8.48. The summed E-state index contributed by atoms with van der Waals surface area (Å²) in [7, 11) is 1.52. The molecule has 164 valence electrons. The molecule has 1 atom stereocenters. The summed E-state index contributed by atoms with van der Waals surface area (Å²) in [6.07, 6.45) is 4.69. The molecule has 4 heterocycles. The molecule has 4 rings (SSSR count). The molecule has 1 aliphatic heterocycles. The van der Waals surface area contributed by atoms with Crippen LogP contribution in [-0.4, -0.2) is 39.2 Å². The maximum Gasteiger partial charge on any atom is 0.356 e. The zero-order valence-electron chi connectivity index (χ0n) is 18.0. The van der Waals surface area contributed by atoms with E-state index in [2.05, 4.69) is 26.8 Å². The number of methoxy groups -OCH3 is 1. The molecule has 0 saturated carbocycles. The van der Waals surface area contributed by atoms with E-state index in [0.717, 1.165) is 25.8 Å². The van der Waals surface area contributed by atoms with E-state index in [0.29, 0.717) is 28.3 Å². The lowest BCUT2D eigenvalue weighted by Gasteiger charge is -2.35. The third kappa shape index (κ3) is 3.73. The van der Waals surface area contributed by atoms with Gasteiger partial charge in [0, 0.05) is 24.8 Å². The number of hydrogen-bond donors (Lipinski definition) is 0. The zero-order chi connectivity index (χ0) is 22.3. The molecule has 1 saturated heterocycles. The normalized spacial score (nSPS) is 16.9. The van der Waals surface area contributed by atoms with Gasteiger partial charge in [0.15, 0.2) is 16.6 Å². The van der Waals surface area contributed by atoms with Gasteiger partial charge in [-0.05, 0) is 38.2 Å². The van der Waals surface area contributed by atoms with Gasteiger partial charge in [-0.2, -0.15) is 4.98 Å². The number of hydrogen-bond acceptors (Lipinski definition) is 6. The Labute approximate surface area is 184 Å². The van der Waals surface area contributed by atoms with E-state index in [1.807, 2.05) is 13.8 Å². The van der Waals surface area contributed by atoms with Crippen LogP contribution in [0, 0.1) is 5.82 Å².